The smallest absolute Gasteiger partial charge is 0.325 e. The van der Waals surface area contributed by atoms with E-state index in [-0.39, 0.29) is 24.7 Å². The van der Waals surface area contributed by atoms with E-state index in [1.165, 1.54) is 12.3 Å². The van der Waals surface area contributed by atoms with Gasteiger partial charge in [-0.25, -0.2) is 4.98 Å². The third-order valence-corrected chi connectivity index (χ3v) is 2.86. The van der Waals surface area contributed by atoms with Gasteiger partial charge in [0.1, 0.15) is 6.54 Å². The Morgan fingerprint density at radius 3 is 2.80 bits per heavy atom. The minimum absolute atomic E-state index is 0.0584. The number of aromatic nitrogens is 1. The summed E-state index contributed by atoms with van der Waals surface area (Å²) in [6.07, 6.45) is 2.20. The van der Waals surface area contributed by atoms with Gasteiger partial charge < -0.3 is 9.64 Å². The van der Waals surface area contributed by atoms with Crippen LogP contribution in [0.3, 0.4) is 0 Å². The molecule has 0 aromatic carbocycles. The number of rotatable bonds is 7. The van der Waals surface area contributed by atoms with E-state index in [1.807, 2.05) is 6.92 Å². The summed E-state index contributed by atoms with van der Waals surface area (Å²) in [5.41, 5.74) is -0.142. The summed E-state index contributed by atoms with van der Waals surface area (Å²) in [5.74, 6) is -0.256. The van der Waals surface area contributed by atoms with Crippen molar-refractivity contribution < 1.29 is 14.5 Å². The molecule has 0 fully saturated rings. The topological polar surface area (TPSA) is 85.6 Å². The van der Waals surface area contributed by atoms with Gasteiger partial charge in [-0.1, -0.05) is 6.92 Å². The molecule has 20 heavy (non-hydrogen) atoms. The van der Waals surface area contributed by atoms with Gasteiger partial charge in [0.2, 0.25) is 5.82 Å². The number of hydrogen-bond donors (Lipinski definition) is 0. The fourth-order valence-electron chi connectivity index (χ4n) is 1.69. The van der Waals surface area contributed by atoms with Crippen molar-refractivity contribution in [3.05, 3.63) is 26.9 Å². The highest BCUT2D eigenvalue weighted by Crippen LogP contribution is 2.28. The largest absolute Gasteiger partial charge is 0.465 e. The highest BCUT2D eigenvalue weighted by atomic mass is 79.9. The molecule has 7 nitrogen and oxygen atoms in total. The van der Waals surface area contributed by atoms with E-state index < -0.39 is 10.9 Å². The number of carbonyl (C=O) groups is 1. The maximum absolute atomic E-state index is 11.6. The first kappa shape index (κ1) is 16.4. The van der Waals surface area contributed by atoms with Crippen molar-refractivity contribution in [1.82, 2.24) is 4.98 Å². The molecule has 8 heteroatoms. The van der Waals surface area contributed by atoms with Gasteiger partial charge in [0.15, 0.2) is 0 Å². The number of halogens is 1. The monoisotopic (exact) mass is 345 g/mol. The zero-order valence-corrected chi connectivity index (χ0v) is 12.9. The molecule has 0 aliphatic carbocycles. The lowest BCUT2D eigenvalue weighted by Gasteiger charge is -2.21. The Bertz CT molecular complexity index is 496. The van der Waals surface area contributed by atoms with Crippen molar-refractivity contribution in [2.24, 2.45) is 0 Å². The van der Waals surface area contributed by atoms with Crippen LogP contribution in [0.15, 0.2) is 16.7 Å². The van der Waals surface area contributed by atoms with Crippen molar-refractivity contribution >= 4 is 33.4 Å². The molecule has 1 heterocycles. The first-order valence-electron chi connectivity index (χ1n) is 6.20. The van der Waals surface area contributed by atoms with E-state index >= 15 is 0 Å². The number of esters is 1. The molecular weight excluding hydrogens is 330 g/mol. The van der Waals surface area contributed by atoms with Crippen molar-refractivity contribution in [3.8, 4) is 0 Å². The molecule has 0 unspecified atom stereocenters. The van der Waals surface area contributed by atoms with Gasteiger partial charge in [0.25, 0.3) is 0 Å². The molecule has 0 aliphatic heterocycles. The average molecular weight is 346 g/mol. The Hall–Kier alpha value is -1.70. The van der Waals surface area contributed by atoms with Crippen molar-refractivity contribution in [2.45, 2.75) is 20.3 Å². The van der Waals surface area contributed by atoms with Crippen LogP contribution in [0.1, 0.15) is 20.3 Å². The molecule has 0 radical (unpaired) electrons. The molecule has 0 N–H and O–H groups in total. The van der Waals surface area contributed by atoms with E-state index in [0.29, 0.717) is 11.0 Å². The van der Waals surface area contributed by atoms with Crippen LogP contribution < -0.4 is 4.90 Å². The van der Waals surface area contributed by atoms with Gasteiger partial charge in [-0.2, -0.15) is 0 Å². The maximum atomic E-state index is 11.6. The zero-order chi connectivity index (χ0) is 15.1. The highest BCUT2D eigenvalue weighted by Gasteiger charge is 2.23. The Morgan fingerprint density at radius 2 is 2.25 bits per heavy atom. The van der Waals surface area contributed by atoms with Crippen LogP contribution in [0, 0.1) is 10.1 Å². The molecule has 1 aromatic heterocycles. The van der Waals surface area contributed by atoms with Crippen LogP contribution in [0.25, 0.3) is 0 Å². The molecular formula is C12H16BrN3O4. The summed E-state index contributed by atoms with van der Waals surface area (Å²) in [5, 5.41) is 11.1. The molecule has 0 saturated heterocycles. The molecule has 1 aromatic rings. The van der Waals surface area contributed by atoms with E-state index in [0.717, 1.165) is 6.42 Å². The standard InChI is InChI=1S/C12H16BrN3O4/c1-3-5-15(8-11(17)20-4-2)12-10(16(18)19)6-9(13)7-14-12/h6-7H,3-5,8H2,1-2H3. The molecule has 0 spiro atoms. The summed E-state index contributed by atoms with van der Waals surface area (Å²) in [6, 6.07) is 1.37. The molecule has 0 amide bonds. The summed E-state index contributed by atoms with van der Waals surface area (Å²) in [7, 11) is 0. The van der Waals surface area contributed by atoms with Crippen LogP contribution >= 0.6 is 15.9 Å². The molecule has 1 rings (SSSR count). The van der Waals surface area contributed by atoms with E-state index in [4.69, 9.17) is 4.74 Å². The number of anilines is 1. The van der Waals surface area contributed by atoms with Gasteiger partial charge in [0, 0.05) is 23.3 Å². The highest BCUT2D eigenvalue weighted by molar-refractivity contribution is 9.10. The summed E-state index contributed by atoms with van der Waals surface area (Å²) >= 11 is 3.15. The van der Waals surface area contributed by atoms with Crippen molar-refractivity contribution in [3.63, 3.8) is 0 Å². The first-order valence-corrected chi connectivity index (χ1v) is 6.99. The Balaban J connectivity index is 3.07. The zero-order valence-electron chi connectivity index (χ0n) is 11.3. The number of nitro groups is 1. The predicted octanol–water partition coefficient (Wildman–Crippen LogP) is 2.53. The van der Waals surface area contributed by atoms with Crippen LogP contribution in [0.5, 0.6) is 0 Å². The van der Waals surface area contributed by atoms with E-state index in [9.17, 15) is 14.9 Å². The van der Waals surface area contributed by atoms with Gasteiger partial charge in [-0.05, 0) is 29.3 Å². The number of ether oxygens (including phenoxy) is 1. The van der Waals surface area contributed by atoms with Crippen molar-refractivity contribution in [1.29, 1.82) is 0 Å². The second-order valence-corrected chi connectivity index (χ2v) is 4.90. The van der Waals surface area contributed by atoms with Crippen LogP contribution in [0.4, 0.5) is 11.5 Å². The molecule has 0 atom stereocenters. The molecule has 0 aliphatic rings. The second kappa shape index (κ2) is 7.78. The number of pyridine rings is 1. The lowest BCUT2D eigenvalue weighted by molar-refractivity contribution is -0.384. The SMILES string of the molecule is CCCN(CC(=O)OCC)c1ncc(Br)cc1[N+](=O)[O-]. The number of hydrogen-bond acceptors (Lipinski definition) is 6. The summed E-state index contributed by atoms with van der Waals surface area (Å²) < 4.78 is 5.39. The molecule has 0 bridgehead atoms. The predicted molar refractivity (Wildman–Crippen MR) is 77.7 cm³/mol. The lowest BCUT2D eigenvalue weighted by Crippen LogP contribution is -2.32. The van der Waals surface area contributed by atoms with Gasteiger partial charge >= 0.3 is 11.7 Å². The third kappa shape index (κ3) is 4.44. The van der Waals surface area contributed by atoms with Crippen LogP contribution in [-0.4, -0.2) is 35.6 Å². The fraction of sp³-hybridized carbons (Fsp3) is 0.500. The van der Waals surface area contributed by atoms with Crippen LogP contribution in [-0.2, 0) is 9.53 Å². The van der Waals surface area contributed by atoms with Gasteiger partial charge in [0.05, 0.1) is 11.5 Å². The summed E-state index contributed by atoms with van der Waals surface area (Å²) in [6.45, 7) is 4.32. The van der Waals surface area contributed by atoms with Crippen LogP contribution in [0.2, 0.25) is 0 Å². The van der Waals surface area contributed by atoms with Crippen molar-refractivity contribution in [2.75, 3.05) is 24.6 Å². The first-order chi connectivity index (χ1) is 9.49. The fourth-order valence-corrected chi connectivity index (χ4v) is 2.01. The normalized spacial score (nSPS) is 10.2. The van der Waals surface area contributed by atoms with Gasteiger partial charge in [-0.3, -0.25) is 14.9 Å². The Labute approximate surface area is 125 Å². The van der Waals surface area contributed by atoms with E-state index in [1.54, 1.807) is 11.8 Å². The number of nitrogens with zero attached hydrogens (tertiary/aromatic N) is 3. The quantitative estimate of drug-likeness (QED) is 0.428. The van der Waals surface area contributed by atoms with Gasteiger partial charge in [-0.15, -0.1) is 0 Å². The second-order valence-electron chi connectivity index (χ2n) is 3.98. The molecule has 110 valence electrons. The Morgan fingerprint density at radius 1 is 1.55 bits per heavy atom. The lowest BCUT2D eigenvalue weighted by atomic mass is 10.3. The average Bonchev–Trinajstić information content (AvgIpc) is 2.38. The summed E-state index contributed by atoms with van der Waals surface area (Å²) in [4.78, 5) is 27.8. The van der Waals surface area contributed by atoms with E-state index in [2.05, 4.69) is 20.9 Å². The minimum atomic E-state index is -0.513. The Kier molecular flexibility index (Phi) is 6.37. The minimum Gasteiger partial charge on any atom is -0.465 e. The third-order valence-electron chi connectivity index (χ3n) is 2.43. The maximum Gasteiger partial charge on any atom is 0.325 e. The molecule has 0 saturated carbocycles. The number of carbonyl (C=O) groups excluding carboxylic acids is 1.